The zero-order chi connectivity index (χ0) is 14.9. The third-order valence-corrected chi connectivity index (χ3v) is 5.35. The molecule has 5 heteroatoms. The maximum absolute atomic E-state index is 12.2. The molecule has 0 saturated carbocycles. The van der Waals surface area contributed by atoms with Gasteiger partial charge in [0.05, 0.1) is 4.90 Å². The number of benzene rings is 2. The van der Waals surface area contributed by atoms with Crippen LogP contribution in [-0.4, -0.2) is 20.1 Å². The summed E-state index contributed by atoms with van der Waals surface area (Å²) in [7, 11) is -3.60. The van der Waals surface area contributed by atoms with Crippen LogP contribution in [0.3, 0.4) is 0 Å². The molecule has 2 aromatic carbocycles. The fourth-order valence-corrected chi connectivity index (χ4v) is 3.86. The fraction of sp³-hybridized carbons (Fsp3) is 0.250. The molecule has 1 atom stereocenters. The number of nitrogens with one attached hydrogen (secondary N) is 1. The van der Waals surface area contributed by atoms with Crippen molar-refractivity contribution < 1.29 is 13.5 Å². The minimum absolute atomic E-state index is 0.0127. The van der Waals surface area contributed by atoms with E-state index in [9.17, 15) is 13.5 Å². The van der Waals surface area contributed by atoms with Crippen LogP contribution in [0, 0.1) is 0 Å². The molecule has 21 heavy (non-hydrogen) atoms. The SMILES string of the molecule is O=S(=O)(NC[C@]1(O)CCc2ccccc21)c1ccccc1. The van der Waals surface area contributed by atoms with E-state index in [4.69, 9.17) is 0 Å². The highest BCUT2D eigenvalue weighted by Gasteiger charge is 2.37. The molecular formula is C16H17NO3S. The Labute approximate surface area is 124 Å². The molecule has 1 aliphatic carbocycles. The summed E-state index contributed by atoms with van der Waals surface area (Å²) in [6, 6.07) is 15.8. The maximum Gasteiger partial charge on any atom is 0.240 e. The average molecular weight is 303 g/mol. The van der Waals surface area contributed by atoms with Crippen LogP contribution in [0.1, 0.15) is 17.5 Å². The zero-order valence-electron chi connectivity index (χ0n) is 11.5. The lowest BCUT2D eigenvalue weighted by Crippen LogP contribution is -2.39. The van der Waals surface area contributed by atoms with Crippen LogP contribution in [-0.2, 0) is 22.0 Å². The molecule has 0 saturated heterocycles. The molecule has 0 fully saturated rings. The van der Waals surface area contributed by atoms with E-state index in [1.165, 1.54) is 12.1 Å². The van der Waals surface area contributed by atoms with E-state index in [-0.39, 0.29) is 11.4 Å². The van der Waals surface area contributed by atoms with E-state index >= 15 is 0 Å². The molecule has 110 valence electrons. The van der Waals surface area contributed by atoms with E-state index in [2.05, 4.69) is 4.72 Å². The minimum atomic E-state index is -3.60. The first-order valence-electron chi connectivity index (χ1n) is 6.87. The van der Waals surface area contributed by atoms with Gasteiger partial charge in [-0.2, -0.15) is 0 Å². The van der Waals surface area contributed by atoms with Gasteiger partial charge in [-0.1, -0.05) is 42.5 Å². The van der Waals surface area contributed by atoms with Crippen LogP contribution in [0.4, 0.5) is 0 Å². The van der Waals surface area contributed by atoms with Crippen LogP contribution in [0.2, 0.25) is 0 Å². The summed E-state index contributed by atoms with van der Waals surface area (Å²) < 4.78 is 27.0. The highest BCUT2D eigenvalue weighted by Crippen LogP contribution is 2.36. The zero-order valence-corrected chi connectivity index (χ0v) is 12.3. The van der Waals surface area contributed by atoms with Crippen molar-refractivity contribution in [1.82, 2.24) is 4.72 Å². The second kappa shape index (κ2) is 5.26. The van der Waals surface area contributed by atoms with Gasteiger partial charge in [-0.3, -0.25) is 0 Å². The summed E-state index contributed by atoms with van der Waals surface area (Å²) in [6.45, 7) is -0.0127. The topological polar surface area (TPSA) is 66.4 Å². The Morgan fingerprint density at radius 2 is 1.71 bits per heavy atom. The van der Waals surface area contributed by atoms with Crippen LogP contribution in [0.15, 0.2) is 59.5 Å². The van der Waals surface area contributed by atoms with Crippen molar-refractivity contribution in [3.63, 3.8) is 0 Å². The summed E-state index contributed by atoms with van der Waals surface area (Å²) in [5.74, 6) is 0. The van der Waals surface area contributed by atoms with Crippen molar-refractivity contribution in [2.75, 3.05) is 6.54 Å². The quantitative estimate of drug-likeness (QED) is 0.905. The lowest BCUT2D eigenvalue weighted by molar-refractivity contribution is 0.0442. The lowest BCUT2D eigenvalue weighted by atomic mass is 9.96. The van der Waals surface area contributed by atoms with Crippen LogP contribution in [0.25, 0.3) is 0 Å². The van der Waals surface area contributed by atoms with Gasteiger partial charge in [0, 0.05) is 6.54 Å². The van der Waals surface area contributed by atoms with Crippen LogP contribution in [0.5, 0.6) is 0 Å². The Balaban J connectivity index is 1.80. The Kier molecular flexibility index (Phi) is 3.57. The molecule has 0 heterocycles. The highest BCUT2D eigenvalue weighted by atomic mass is 32.2. The molecule has 1 aliphatic rings. The van der Waals surface area contributed by atoms with E-state index in [0.717, 1.165) is 17.5 Å². The molecule has 0 radical (unpaired) electrons. The molecule has 0 amide bonds. The molecule has 0 spiro atoms. The number of aryl methyl sites for hydroxylation is 1. The summed E-state index contributed by atoms with van der Waals surface area (Å²) in [5.41, 5.74) is 0.776. The lowest BCUT2D eigenvalue weighted by Gasteiger charge is -2.24. The monoisotopic (exact) mass is 303 g/mol. The van der Waals surface area contributed by atoms with E-state index in [1.54, 1.807) is 18.2 Å². The van der Waals surface area contributed by atoms with Gasteiger partial charge in [-0.25, -0.2) is 13.1 Å². The number of aliphatic hydroxyl groups is 1. The van der Waals surface area contributed by atoms with Crippen molar-refractivity contribution in [3.05, 3.63) is 65.7 Å². The number of sulfonamides is 1. The molecule has 0 aromatic heterocycles. The summed E-state index contributed by atoms with van der Waals surface area (Å²) in [6.07, 6.45) is 1.30. The summed E-state index contributed by atoms with van der Waals surface area (Å²) in [4.78, 5) is 0.208. The Bertz CT molecular complexity index is 743. The summed E-state index contributed by atoms with van der Waals surface area (Å²) >= 11 is 0. The molecule has 2 aromatic rings. The molecule has 0 aliphatic heterocycles. The Hall–Kier alpha value is -1.69. The van der Waals surface area contributed by atoms with Gasteiger partial charge in [0.1, 0.15) is 5.60 Å². The molecule has 3 rings (SSSR count). The van der Waals surface area contributed by atoms with E-state index < -0.39 is 15.6 Å². The van der Waals surface area contributed by atoms with Gasteiger partial charge in [0.2, 0.25) is 10.0 Å². The number of fused-ring (bicyclic) bond motifs is 1. The first-order chi connectivity index (χ1) is 10.0. The number of hydrogen-bond acceptors (Lipinski definition) is 3. The highest BCUT2D eigenvalue weighted by molar-refractivity contribution is 7.89. The van der Waals surface area contributed by atoms with Gasteiger partial charge in [0.25, 0.3) is 0 Å². The molecule has 0 bridgehead atoms. The second-order valence-electron chi connectivity index (χ2n) is 5.33. The largest absolute Gasteiger partial charge is 0.384 e. The second-order valence-corrected chi connectivity index (χ2v) is 7.09. The van der Waals surface area contributed by atoms with Crippen molar-refractivity contribution in [1.29, 1.82) is 0 Å². The average Bonchev–Trinajstić information content (AvgIpc) is 2.85. The predicted molar refractivity (Wildman–Crippen MR) is 80.3 cm³/mol. The Morgan fingerprint density at radius 1 is 1.05 bits per heavy atom. The summed E-state index contributed by atoms with van der Waals surface area (Å²) in [5, 5.41) is 10.7. The van der Waals surface area contributed by atoms with E-state index in [0.29, 0.717) is 6.42 Å². The molecule has 2 N–H and O–H groups in total. The third kappa shape index (κ3) is 2.72. The first-order valence-corrected chi connectivity index (χ1v) is 8.35. The van der Waals surface area contributed by atoms with Gasteiger partial charge < -0.3 is 5.11 Å². The van der Waals surface area contributed by atoms with Crippen molar-refractivity contribution in [3.8, 4) is 0 Å². The van der Waals surface area contributed by atoms with Crippen molar-refractivity contribution in [2.24, 2.45) is 0 Å². The van der Waals surface area contributed by atoms with Gasteiger partial charge in [-0.05, 0) is 36.1 Å². The first kappa shape index (κ1) is 14.3. The fourth-order valence-electron chi connectivity index (χ4n) is 2.75. The Morgan fingerprint density at radius 3 is 2.48 bits per heavy atom. The maximum atomic E-state index is 12.2. The molecular weight excluding hydrogens is 286 g/mol. The third-order valence-electron chi connectivity index (χ3n) is 3.93. The van der Waals surface area contributed by atoms with Gasteiger partial charge in [-0.15, -0.1) is 0 Å². The molecule has 0 unspecified atom stereocenters. The van der Waals surface area contributed by atoms with Crippen molar-refractivity contribution >= 4 is 10.0 Å². The van der Waals surface area contributed by atoms with Crippen molar-refractivity contribution in [2.45, 2.75) is 23.3 Å². The van der Waals surface area contributed by atoms with Crippen LogP contribution < -0.4 is 4.72 Å². The predicted octanol–water partition coefficient (Wildman–Crippen LogP) is 1.80. The standard InChI is InChI=1S/C16H17NO3S/c18-16(11-10-13-6-4-5-9-15(13)16)12-17-21(19,20)14-7-2-1-3-8-14/h1-9,17-18H,10-12H2/t16-/m1/s1. The van der Waals surface area contributed by atoms with Gasteiger partial charge >= 0.3 is 0 Å². The molecule has 4 nitrogen and oxygen atoms in total. The number of rotatable bonds is 4. The van der Waals surface area contributed by atoms with E-state index in [1.807, 2.05) is 24.3 Å². The van der Waals surface area contributed by atoms with Gasteiger partial charge in [0.15, 0.2) is 0 Å². The smallest absolute Gasteiger partial charge is 0.240 e. The normalized spacial score (nSPS) is 21.2. The number of hydrogen-bond donors (Lipinski definition) is 2. The van der Waals surface area contributed by atoms with Crippen LogP contribution >= 0.6 is 0 Å². The minimum Gasteiger partial charge on any atom is -0.384 e.